The number of benzene rings is 2. The van der Waals surface area contributed by atoms with Gasteiger partial charge in [0, 0.05) is 5.56 Å². The molecular formula is C17H11NO2S2. The van der Waals surface area contributed by atoms with E-state index in [-0.39, 0.29) is 5.91 Å². The Hall–Kier alpha value is -2.24. The van der Waals surface area contributed by atoms with Crippen molar-refractivity contribution < 1.29 is 9.59 Å². The van der Waals surface area contributed by atoms with Crippen LogP contribution in [0.3, 0.4) is 0 Å². The van der Waals surface area contributed by atoms with Gasteiger partial charge in [-0.2, -0.15) is 0 Å². The summed E-state index contributed by atoms with van der Waals surface area (Å²) in [4.78, 5) is 25.3. The van der Waals surface area contributed by atoms with Gasteiger partial charge in [-0.15, -0.1) is 0 Å². The van der Waals surface area contributed by atoms with E-state index >= 15 is 0 Å². The van der Waals surface area contributed by atoms with Crippen LogP contribution in [-0.2, 0) is 4.79 Å². The van der Waals surface area contributed by atoms with E-state index in [0.29, 0.717) is 14.8 Å². The first-order valence-corrected chi connectivity index (χ1v) is 7.80. The summed E-state index contributed by atoms with van der Waals surface area (Å²) in [6, 6.07) is 16.4. The molecule has 0 aliphatic carbocycles. The molecule has 108 valence electrons. The van der Waals surface area contributed by atoms with Gasteiger partial charge in [-0.3, -0.25) is 14.5 Å². The van der Waals surface area contributed by atoms with Crippen LogP contribution >= 0.6 is 24.0 Å². The van der Waals surface area contributed by atoms with Crippen LogP contribution in [0.15, 0.2) is 59.5 Å². The standard InChI is InChI=1S/C17H11NO2S2/c19-11-13-8-6-12(7-9-13)10-15-16(20)18(17(21)22-15)14-4-2-1-3-5-14/h1-11H. The van der Waals surface area contributed by atoms with Crippen molar-refractivity contribution >= 4 is 52.3 Å². The number of amides is 1. The minimum Gasteiger partial charge on any atom is -0.298 e. The van der Waals surface area contributed by atoms with E-state index in [4.69, 9.17) is 12.2 Å². The Morgan fingerprint density at radius 3 is 2.23 bits per heavy atom. The highest BCUT2D eigenvalue weighted by atomic mass is 32.2. The van der Waals surface area contributed by atoms with E-state index < -0.39 is 0 Å². The zero-order valence-electron chi connectivity index (χ0n) is 11.4. The van der Waals surface area contributed by atoms with E-state index in [2.05, 4.69) is 0 Å². The topological polar surface area (TPSA) is 37.4 Å². The van der Waals surface area contributed by atoms with Crippen molar-refractivity contribution in [2.24, 2.45) is 0 Å². The van der Waals surface area contributed by atoms with Crippen molar-refractivity contribution in [1.29, 1.82) is 0 Å². The summed E-state index contributed by atoms with van der Waals surface area (Å²) < 4.78 is 0.520. The fourth-order valence-corrected chi connectivity index (χ4v) is 3.39. The molecule has 0 atom stereocenters. The Balaban J connectivity index is 1.90. The van der Waals surface area contributed by atoms with Crippen LogP contribution in [0, 0.1) is 0 Å². The summed E-state index contributed by atoms with van der Waals surface area (Å²) in [5, 5.41) is 0. The minimum absolute atomic E-state index is 0.124. The number of carbonyl (C=O) groups excluding carboxylic acids is 2. The minimum atomic E-state index is -0.124. The number of anilines is 1. The normalized spacial score (nSPS) is 16.4. The fraction of sp³-hybridized carbons (Fsp3) is 0. The summed E-state index contributed by atoms with van der Waals surface area (Å²) in [6.45, 7) is 0. The second-order valence-corrected chi connectivity index (χ2v) is 6.31. The molecule has 0 aromatic heterocycles. The third kappa shape index (κ3) is 2.86. The number of rotatable bonds is 3. The lowest BCUT2D eigenvalue weighted by Crippen LogP contribution is -2.27. The molecule has 0 unspecified atom stereocenters. The molecule has 0 bridgehead atoms. The van der Waals surface area contributed by atoms with Gasteiger partial charge in [0.1, 0.15) is 6.29 Å². The SMILES string of the molecule is O=Cc1ccc(C=C2SC(=S)N(c3ccccc3)C2=O)cc1. The summed E-state index contributed by atoms with van der Waals surface area (Å²) in [5.74, 6) is -0.124. The maximum absolute atomic E-state index is 12.5. The molecule has 5 heteroatoms. The third-order valence-corrected chi connectivity index (χ3v) is 4.48. The van der Waals surface area contributed by atoms with E-state index in [0.717, 1.165) is 17.5 Å². The maximum Gasteiger partial charge on any atom is 0.270 e. The van der Waals surface area contributed by atoms with Gasteiger partial charge in [-0.25, -0.2) is 0 Å². The summed E-state index contributed by atoms with van der Waals surface area (Å²) in [6.07, 6.45) is 2.58. The Bertz CT molecular complexity index is 767. The van der Waals surface area contributed by atoms with Crippen molar-refractivity contribution in [2.75, 3.05) is 4.90 Å². The van der Waals surface area contributed by atoms with Gasteiger partial charge < -0.3 is 0 Å². The smallest absolute Gasteiger partial charge is 0.270 e. The molecule has 1 saturated heterocycles. The number of thioether (sulfide) groups is 1. The van der Waals surface area contributed by atoms with Crippen molar-refractivity contribution in [3.05, 3.63) is 70.6 Å². The maximum atomic E-state index is 12.5. The molecule has 0 spiro atoms. The molecule has 2 aromatic rings. The zero-order valence-corrected chi connectivity index (χ0v) is 13.1. The van der Waals surface area contributed by atoms with E-state index in [1.54, 1.807) is 30.3 Å². The van der Waals surface area contributed by atoms with Crippen LogP contribution in [0.4, 0.5) is 5.69 Å². The van der Waals surface area contributed by atoms with E-state index in [1.807, 2.05) is 30.3 Å². The van der Waals surface area contributed by atoms with Crippen molar-refractivity contribution in [3.63, 3.8) is 0 Å². The number of hydrogen-bond acceptors (Lipinski definition) is 4. The monoisotopic (exact) mass is 325 g/mol. The van der Waals surface area contributed by atoms with Crippen LogP contribution in [0.5, 0.6) is 0 Å². The van der Waals surface area contributed by atoms with Gasteiger partial charge >= 0.3 is 0 Å². The highest BCUT2D eigenvalue weighted by Crippen LogP contribution is 2.35. The molecule has 1 aliphatic heterocycles. The molecular weight excluding hydrogens is 314 g/mol. The molecule has 0 saturated carbocycles. The number of para-hydroxylation sites is 1. The molecule has 1 amide bonds. The molecule has 1 fully saturated rings. The Labute approximate surface area is 137 Å². The molecule has 3 rings (SSSR count). The van der Waals surface area contributed by atoms with Crippen LogP contribution < -0.4 is 4.90 Å². The molecule has 22 heavy (non-hydrogen) atoms. The van der Waals surface area contributed by atoms with Gasteiger partial charge in [0.05, 0.1) is 10.6 Å². The number of carbonyl (C=O) groups is 2. The fourth-order valence-electron chi connectivity index (χ4n) is 2.09. The Morgan fingerprint density at radius 1 is 0.955 bits per heavy atom. The van der Waals surface area contributed by atoms with Crippen LogP contribution in [0.2, 0.25) is 0 Å². The predicted octanol–water partition coefficient (Wildman–Crippen LogP) is 3.90. The van der Waals surface area contributed by atoms with Crippen LogP contribution in [0.1, 0.15) is 15.9 Å². The van der Waals surface area contributed by atoms with E-state index in [1.165, 1.54) is 16.7 Å². The zero-order chi connectivity index (χ0) is 15.5. The third-order valence-electron chi connectivity index (χ3n) is 3.18. The summed E-state index contributed by atoms with van der Waals surface area (Å²) in [7, 11) is 0. The van der Waals surface area contributed by atoms with Crippen LogP contribution in [-0.4, -0.2) is 16.5 Å². The van der Waals surface area contributed by atoms with Gasteiger partial charge in [0.25, 0.3) is 5.91 Å². The molecule has 0 radical (unpaired) electrons. The number of aldehydes is 1. The first-order chi connectivity index (χ1) is 10.7. The van der Waals surface area contributed by atoms with Gasteiger partial charge in [0.15, 0.2) is 4.32 Å². The lowest BCUT2D eigenvalue weighted by atomic mass is 10.1. The molecule has 1 aliphatic rings. The highest BCUT2D eigenvalue weighted by molar-refractivity contribution is 8.27. The molecule has 3 nitrogen and oxygen atoms in total. The first kappa shape index (κ1) is 14.7. The van der Waals surface area contributed by atoms with Gasteiger partial charge in [0.2, 0.25) is 0 Å². The predicted molar refractivity (Wildman–Crippen MR) is 93.9 cm³/mol. The molecule has 2 aromatic carbocycles. The first-order valence-electron chi connectivity index (χ1n) is 6.57. The number of nitrogens with zero attached hydrogens (tertiary/aromatic N) is 1. The van der Waals surface area contributed by atoms with E-state index in [9.17, 15) is 9.59 Å². The Morgan fingerprint density at radius 2 is 1.59 bits per heavy atom. The largest absolute Gasteiger partial charge is 0.298 e. The van der Waals surface area contributed by atoms with Crippen LogP contribution in [0.25, 0.3) is 6.08 Å². The average Bonchev–Trinajstić information content (AvgIpc) is 2.83. The second kappa shape index (κ2) is 6.25. The second-order valence-electron chi connectivity index (χ2n) is 4.64. The van der Waals surface area contributed by atoms with Gasteiger partial charge in [-0.05, 0) is 23.8 Å². The number of hydrogen-bond donors (Lipinski definition) is 0. The van der Waals surface area contributed by atoms with Crippen molar-refractivity contribution in [2.45, 2.75) is 0 Å². The summed E-state index contributed by atoms with van der Waals surface area (Å²) in [5.41, 5.74) is 2.23. The average molecular weight is 325 g/mol. The highest BCUT2D eigenvalue weighted by Gasteiger charge is 2.33. The summed E-state index contributed by atoms with van der Waals surface area (Å²) >= 11 is 6.59. The Kier molecular flexibility index (Phi) is 4.18. The number of thiocarbonyl (C=S) groups is 1. The quantitative estimate of drug-likeness (QED) is 0.487. The van der Waals surface area contributed by atoms with Crippen molar-refractivity contribution in [1.82, 2.24) is 0 Å². The van der Waals surface area contributed by atoms with Crippen molar-refractivity contribution in [3.8, 4) is 0 Å². The lowest BCUT2D eigenvalue weighted by molar-refractivity contribution is -0.113. The molecule has 1 heterocycles. The molecule has 0 N–H and O–H groups in total. The lowest BCUT2D eigenvalue weighted by Gasteiger charge is -2.13. The van der Waals surface area contributed by atoms with Gasteiger partial charge in [-0.1, -0.05) is 66.4 Å².